The molecular formula is C15H13N3OS. The Labute approximate surface area is 120 Å². The standard InChI is InChI=1S/C15H13N3OS/c1-18(2)8-12-4-11(9-19-12)14-5-13-15(20-14)3-10(6-16)7-17-13/h3-5,7,9H,8H2,1-2H3. The molecule has 0 bridgehead atoms. The number of furan rings is 1. The van der Waals surface area contributed by atoms with E-state index in [0.717, 1.165) is 33.0 Å². The molecular weight excluding hydrogens is 270 g/mol. The van der Waals surface area contributed by atoms with E-state index in [1.54, 1.807) is 23.8 Å². The first kappa shape index (κ1) is 12.9. The maximum absolute atomic E-state index is 8.90. The van der Waals surface area contributed by atoms with Crippen LogP contribution in [0.2, 0.25) is 0 Å². The van der Waals surface area contributed by atoms with Gasteiger partial charge in [0, 0.05) is 16.6 Å². The first-order chi connectivity index (χ1) is 9.65. The Kier molecular flexibility index (Phi) is 3.26. The zero-order valence-corrected chi connectivity index (χ0v) is 12.1. The van der Waals surface area contributed by atoms with Crippen molar-refractivity contribution in [2.45, 2.75) is 6.54 Å². The van der Waals surface area contributed by atoms with Gasteiger partial charge in [0.25, 0.3) is 0 Å². The molecule has 0 radical (unpaired) electrons. The Hall–Kier alpha value is -2.16. The average Bonchev–Trinajstić information content (AvgIpc) is 3.02. The summed E-state index contributed by atoms with van der Waals surface area (Å²) < 4.78 is 6.59. The Morgan fingerprint density at radius 2 is 2.20 bits per heavy atom. The fourth-order valence-corrected chi connectivity index (χ4v) is 3.06. The maximum atomic E-state index is 8.90. The van der Waals surface area contributed by atoms with Gasteiger partial charge in [-0.3, -0.25) is 4.98 Å². The molecule has 3 aromatic rings. The summed E-state index contributed by atoms with van der Waals surface area (Å²) in [4.78, 5) is 7.47. The molecule has 3 heterocycles. The molecule has 0 spiro atoms. The molecule has 5 heteroatoms. The summed E-state index contributed by atoms with van der Waals surface area (Å²) >= 11 is 1.62. The molecule has 3 aromatic heterocycles. The fourth-order valence-electron chi connectivity index (χ4n) is 2.03. The van der Waals surface area contributed by atoms with Crippen molar-refractivity contribution < 1.29 is 4.42 Å². The van der Waals surface area contributed by atoms with E-state index in [9.17, 15) is 0 Å². The van der Waals surface area contributed by atoms with Crippen LogP contribution in [0.15, 0.2) is 35.1 Å². The van der Waals surface area contributed by atoms with E-state index in [1.807, 2.05) is 26.2 Å². The van der Waals surface area contributed by atoms with Gasteiger partial charge >= 0.3 is 0 Å². The van der Waals surface area contributed by atoms with E-state index in [2.05, 4.69) is 22.0 Å². The van der Waals surface area contributed by atoms with E-state index < -0.39 is 0 Å². The maximum Gasteiger partial charge on any atom is 0.118 e. The molecule has 0 aliphatic heterocycles. The number of nitrogens with zero attached hydrogens (tertiary/aromatic N) is 3. The van der Waals surface area contributed by atoms with Crippen LogP contribution in [0.5, 0.6) is 0 Å². The molecule has 0 amide bonds. The number of hydrogen-bond donors (Lipinski definition) is 0. The lowest BCUT2D eigenvalue weighted by Crippen LogP contribution is -2.09. The van der Waals surface area contributed by atoms with Crippen LogP contribution in [0.25, 0.3) is 20.7 Å². The van der Waals surface area contributed by atoms with Crippen LogP contribution < -0.4 is 0 Å². The van der Waals surface area contributed by atoms with Gasteiger partial charge in [-0.2, -0.15) is 5.26 Å². The van der Waals surface area contributed by atoms with Crippen LogP contribution in [0.4, 0.5) is 0 Å². The second-order valence-corrected chi connectivity index (χ2v) is 5.95. The zero-order chi connectivity index (χ0) is 14.1. The van der Waals surface area contributed by atoms with Gasteiger partial charge in [0.05, 0.1) is 28.6 Å². The molecule has 20 heavy (non-hydrogen) atoms. The summed E-state index contributed by atoms with van der Waals surface area (Å²) in [5.74, 6) is 0.938. The molecule has 0 aliphatic carbocycles. The highest BCUT2D eigenvalue weighted by atomic mass is 32.1. The van der Waals surface area contributed by atoms with E-state index >= 15 is 0 Å². The lowest BCUT2D eigenvalue weighted by molar-refractivity contribution is 0.350. The third kappa shape index (κ3) is 2.44. The first-order valence-corrected chi connectivity index (χ1v) is 6.99. The molecule has 0 saturated carbocycles. The summed E-state index contributed by atoms with van der Waals surface area (Å²) in [5, 5.41) is 8.90. The largest absolute Gasteiger partial charge is 0.467 e. The highest BCUT2D eigenvalue weighted by Crippen LogP contribution is 2.34. The van der Waals surface area contributed by atoms with Gasteiger partial charge in [0.2, 0.25) is 0 Å². The van der Waals surface area contributed by atoms with Crippen molar-refractivity contribution in [2.24, 2.45) is 0 Å². The summed E-state index contributed by atoms with van der Waals surface area (Å²) in [6, 6.07) is 8.07. The second-order valence-electron chi connectivity index (χ2n) is 4.87. The number of aromatic nitrogens is 1. The third-order valence-electron chi connectivity index (χ3n) is 2.91. The van der Waals surface area contributed by atoms with Crippen LogP contribution in [-0.4, -0.2) is 24.0 Å². The van der Waals surface area contributed by atoms with E-state index in [-0.39, 0.29) is 0 Å². The number of hydrogen-bond acceptors (Lipinski definition) is 5. The monoisotopic (exact) mass is 283 g/mol. The summed E-state index contributed by atoms with van der Waals surface area (Å²) in [6.07, 6.45) is 3.38. The highest BCUT2D eigenvalue weighted by molar-refractivity contribution is 7.22. The molecule has 0 aliphatic rings. The fraction of sp³-hybridized carbons (Fsp3) is 0.200. The van der Waals surface area contributed by atoms with Crippen LogP contribution >= 0.6 is 11.3 Å². The molecule has 0 saturated heterocycles. The third-order valence-corrected chi connectivity index (χ3v) is 4.03. The smallest absolute Gasteiger partial charge is 0.118 e. The Bertz CT molecular complexity index is 795. The topological polar surface area (TPSA) is 53.1 Å². The van der Waals surface area contributed by atoms with Gasteiger partial charge in [0.1, 0.15) is 11.8 Å². The average molecular weight is 283 g/mol. The summed E-state index contributed by atoms with van der Waals surface area (Å²) in [7, 11) is 4.02. The van der Waals surface area contributed by atoms with Gasteiger partial charge < -0.3 is 9.32 Å². The number of thiophene rings is 1. The normalized spacial score (nSPS) is 11.1. The van der Waals surface area contributed by atoms with E-state index in [0.29, 0.717) is 5.56 Å². The van der Waals surface area contributed by atoms with Crippen LogP contribution in [0.3, 0.4) is 0 Å². The second kappa shape index (κ2) is 5.08. The molecule has 0 N–H and O–H groups in total. The lowest BCUT2D eigenvalue weighted by atomic mass is 10.2. The first-order valence-electron chi connectivity index (χ1n) is 6.18. The highest BCUT2D eigenvalue weighted by Gasteiger charge is 2.10. The molecule has 3 rings (SSSR count). The molecule has 4 nitrogen and oxygen atoms in total. The quantitative estimate of drug-likeness (QED) is 0.738. The summed E-state index contributed by atoms with van der Waals surface area (Å²) in [5.41, 5.74) is 2.56. The van der Waals surface area contributed by atoms with Crippen molar-refractivity contribution in [1.82, 2.24) is 9.88 Å². The van der Waals surface area contributed by atoms with Crippen molar-refractivity contribution in [1.29, 1.82) is 5.26 Å². The molecule has 0 aromatic carbocycles. The van der Waals surface area contributed by atoms with Gasteiger partial charge in [-0.25, -0.2) is 0 Å². The van der Waals surface area contributed by atoms with Crippen LogP contribution in [0, 0.1) is 11.3 Å². The minimum atomic E-state index is 0.589. The Balaban J connectivity index is 1.97. The van der Waals surface area contributed by atoms with Crippen molar-refractivity contribution >= 4 is 21.6 Å². The van der Waals surface area contributed by atoms with Crippen molar-refractivity contribution in [3.8, 4) is 16.5 Å². The Morgan fingerprint density at radius 3 is 2.95 bits per heavy atom. The molecule has 0 atom stereocenters. The number of fused-ring (bicyclic) bond motifs is 1. The predicted molar refractivity (Wildman–Crippen MR) is 79.4 cm³/mol. The van der Waals surface area contributed by atoms with Crippen LogP contribution in [-0.2, 0) is 6.54 Å². The SMILES string of the molecule is CN(C)Cc1cc(-c2cc3ncc(C#N)cc3s2)co1. The van der Waals surface area contributed by atoms with Crippen molar-refractivity contribution in [3.05, 3.63) is 42.0 Å². The lowest BCUT2D eigenvalue weighted by Gasteiger charge is -2.04. The van der Waals surface area contributed by atoms with Gasteiger partial charge in [-0.15, -0.1) is 11.3 Å². The predicted octanol–water partition coefficient (Wildman–Crippen LogP) is 3.49. The molecule has 100 valence electrons. The van der Waals surface area contributed by atoms with Crippen LogP contribution in [0.1, 0.15) is 11.3 Å². The molecule has 0 unspecified atom stereocenters. The molecule has 0 fully saturated rings. The van der Waals surface area contributed by atoms with E-state index in [4.69, 9.17) is 9.68 Å². The zero-order valence-electron chi connectivity index (χ0n) is 11.3. The van der Waals surface area contributed by atoms with Gasteiger partial charge in [0.15, 0.2) is 0 Å². The number of nitriles is 1. The minimum Gasteiger partial charge on any atom is -0.467 e. The minimum absolute atomic E-state index is 0.589. The van der Waals surface area contributed by atoms with Crippen molar-refractivity contribution in [3.63, 3.8) is 0 Å². The van der Waals surface area contributed by atoms with Gasteiger partial charge in [-0.1, -0.05) is 0 Å². The van der Waals surface area contributed by atoms with E-state index in [1.165, 1.54) is 0 Å². The van der Waals surface area contributed by atoms with Crippen molar-refractivity contribution in [2.75, 3.05) is 14.1 Å². The Morgan fingerprint density at radius 1 is 1.35 bits per heavy atom. The number of rotatable bonds is 3. The van der Waals surface area contributed by atoms with Gasteiger partial charge in [-0.05, 0) is 32.3 Å². The number of pyridine rings is 1. The summed E-state index contributed by atoms with van der Waals surface area (Å²) in [6.45, 7) is 0.779.